The molecule has 1 atom stereocenters. The Kier molecular flexibility index (Phi) is 6.07. The molecule has 0 fully saturated rings. The summed E-state index contributed by atoms with van der Waals surface area (Å²) in [7, 11) is 0. The number of nitrogens with one attached hydrogen (secondary N) is 1. The highest BCUT2D eigenvalue weighted by Gasteiger charge is 2.22. The van der Waals surface area contributed by atoms with E-state index in [1.807, 2.05) is 6.07 Å². The van der Waals surface area contributed by atoms with Crippen LogP contribution in [0.2, 0.25) is 0 Å². The van der Waals surface area contributed by atoms with Crippen molar-refractivity contribution < 1.29 is 19.1 Å². The number of nitriles is 1. The first-order valence-corrected chi connectivity index (χ1v) is 7.65. The minimum absolute atomic E-state index is 0.140. The molecule has 0 aliphatic rings. The van der Waals surface area contributed by atoms with E-state index < -0.39 is 18.0 Å². The lowest BCUT2D eigenvalue weighted by atomic mass is 10.2. The Morgan fingerprint density at radius 3 is 2.76 bits per heavy atom. The van der Waals surface area contributed by atoms with Gasteiger partial charge in [0.2, 0.25) is 5.88 Å². The van der Waals surface area contributed by atoms with E-state index in [9.17, 15) is 9.59 Å². The maximum Gasteiger partial charge on any atom is 0.344 e. The molecular weight excluding hydrogens is 322 g/mol. The summed E-state index contributed by atoms with van der Waals surface area (Å²) in [5.41, 5.74) is 0.816. The number of para-hydroxylation sites is 1. The molecule has 0 radical (unpaired) electrons. The normalized spacial score (nSPS) is 11.1. The molecule has 25 heavy (non-hydrogen) atoms. The monoisotopic (exact) mass is 339 g/mol. The second-order valence-corrected chi connectivity index (χ2v) is 4.98. The van der Waals surface area contributed by atoms with Crippen LogP contribution in [-0.4, -0.2) is 29.6 Å². The third-order valence-electron chi connectivity index (χ3n) is 3.23. The maximum absolute atomic E-state index is 12.3. The van der Waals surface area contributed by atoms with E-state index in [2.05, 4.69) is 10.3 Å². The maximum atomic E-state index is 12.3. The SMILES string of the molecule is CCOc1ncccc1C(=O)O[C@@H](C)C(=O)Nc1ccccc1C#N. The van der Waals surface area contributed by atoms with Crippen LogP contribution in [0.4, 0.5) is 5.69 Å². The molecule has 1 aromatic heterocycles. The molecule has 2 aromatic rings. The van der Waals surface area contributed by atoms with Crippen LogP contribution < -0.4 is 10.1 Å². The van der Waals surface area contributed by atoms with E-state index in [-0.39, 0.29) is 11.4 Å². The van der Waals surface area contributed by atoms with Crippen LogP contribution in [0.25, 0.3) is 0 Å². The summed E-state index contributed by atoms with van der Waals surface area (Å²) in [5, 5.41) is 11.6. The van der Waals surface area contributed by atoms with Gasteiger partial charge in [-0.1, -0.05) is 12.1 Å². The highest BCUT2D eigenvalue weighted by Crippen LogP contribution is 2.17. The van der Waals surface area contributed by atoms with E-state index in [0.29, 0.717) is 17.9 Å². The Labute approximate surface area is 145 Å². The smallest absolute Gasteiger partial charge is 0.344 e. The molecule has 0 aliphatic heterocycles. The van der Waals surface area contributed by atoms with Gasteiger partial charge in [0.05, 0.1) is 17.9 Å². The zero-order chi connectivity index (χ0) is 18.2. The summed E-state index contributed by atoms with van der Waals surface area (Å²) in [6.45, 7) is 3.56. The van der Waals surface area contributed by atoms with Gasteiger partial charge in [-0.2, -0.15) is 5.26 Å². The molecule has 7 heteroatoms. The van der Waals surface area contributed by atoms with Crippen molar-refractivity contribution in [2.45, 2.75) is 20.0 Å². The number of anilines is 1. The molecule has 0 unspecified atom stereocenters. The van der Waals surface area contributed by atoms with Crippen molar-refractivity contribution in [2.75, 3.05) is 11.9 Å². The van der Waals surface area contributed by atoms with Crippen LogP contribution >= 0.6 is 0 Å². The van der Waals surface area contributed by atoms with Gasteiger partial charge in [0.15, 0.2) is 6.10 Å². The van der Waals surface area contributed by atoms with Crippen molar-refractivity contribution in [3.8, 4) is 11.9 Å². The predicted octanol–water partition coefficient (Wildman–Crippen LogP) is 2.54. The Bertz CT molecular complexity index is 814. The van der Waals surface area contributed by atoms with Gasteiger partial charge in [0.25, 0.3) is 5.91 Å². The van der Waals surface area contributed by atoms with Crippen molar-refractivity contribution in [3.63, 3.8) is 0 Å². The van der Waals surface area contributed by atoms with Crippen LogP contribution in [0.3, 0.4) is 0 Å². The molecule has 0 aliphatic carbocycles. The fourth-order valence-electron chi connectivity index (χ4n) is 2.00. The van der Waals surface area contributed by atoms with Crippen LogP contribution in [0.1, 0.15) is 29.8 Å². The van der Waals surface area contributed by atoms with Crippen molar-refractivity contribution in [2.24, 2.45) is 0 Å². The fourth-order valence-corrected chi connectivity index (χ4v) is 2.00. The topological polar surface area (TPSA) is 101 Å². The van der Waals surface area contributed by atoms with E-state index in [1.54, 1.807) is 37.3 Å². The summed E-state index contributed by atoms with van der Waals surface area (Å²) < 4.78 is 10.5. The van der Waals surface area contributed by atoms with E-state index in [4.69, 9.17) is 14.7 Å². The number of carbonyl (C=O) groups is 2. The van der Waals surface area contributed by atoms with Crippen LogP contribution in [-0.2, 0) is 9.53 Å². The average Bonchev–Trinajstić information content (AvgIpc) is 2.62. The molecular formula is C18H17N3O4. The van der Waals surface area contributed by atoms with Crippen LogP contribution in [0, 0.1) is 11.3 Å². The lowest BCUT2D eigenvalue weighted by Crippen LogP contribution is -2.30. The fraction of sp³-hybridized carbons (Fsp3) is 0.222. The van der Waals surface area contributed by atoms with Gasteiger partial charge >= 0.3 is 5.97 Å². The highest BCUT2D eigenvalue weighted by molar-refractivity contribution is 5.98. The first-order valence-electron chi connectivity index (χ1n) is 7.65. The van der Waals surface area contributed by atoms with Gasteiger partial charge < -0.3 is 14.8 Å². The first-order chi connectivity index (χ1) is 12.1. The molecule has 1 amide bonds. The minimum Gasteiger partial charge on any atom is -0.477 e. The summed E-state index contributed by atoms with van der Waals surface area (Å²) in [6.07, 6.45) is 0.436. The van der Waals surface area contributed by atoms with Crippen molar-refractivity contribution in [3.05, 3.63) is 53.7 Å². The zero-order valence-electron chi connectivity index (χ0n) is 13.9. The van der Waals surface area contributed by atoms with Crippen molar-refractivity contribution in [1.29, 1.82) is 5.26 Å². The molecule has 0 bridgehead atoms. The summed E-state index contributed by atoms with van der Waals surface area (Å²) in [4.78, 5) is 28.4. The number of benzene rings is 1. The van der Waals surface area contributed by atoms with Gasteiger partial charge in [-0.15, -0.1) is 0 Å². The number of hydrogen-bond acceptors (Lipinski definition) is 6. The third-order valence-corrected chi connectivity index (χ3v) is 3.23. The van der Waals surface area contributed by atoms with E-state index in [0.717, 1.165) is 0 Å². The summed E-state index contributed by atoms with van der Waals surface area (Å²) in [5.74, 6) is -1.11. The van der Waals surface area contributed by atoms with Crippen LogP contribution in [0.15, 0.2) is 42.6 Å². The first kappa shape index (κ1) is 17.9. The second-order valence-electron chi connectivity index (χ2n) is 4.98. The predicted molar refractivity (Wildman–Crippen MR) is 90.1 cm³/mol. The zero-order valence-corrected chi connectivity index (χ0v) is 13.9. The Morgan fingerprint density at radius 1 is 1.28 bits per heavy atom. The van der Waals surface area contributed by atoms with Gasteiger partial charge in [-0.05, 0) is 38.1 Å². The highest BCUT2D eigenvalue weighted by atomic mass is 16.5. The molecule has 1 aromatic carbocycles. The number of rotatable bonds is 6. The standard InChI is InChI=1S/C18H17N3O4/c1-3-24-17-14(8-6-10-20-17)18(23)25-12(2)16(22)21-15-9-5-4-7-13(15)11-19/h4-10,12H,3H2,1-2H3,(H,21,22)/t12-/m0/s1. The molecule has 7 nitrogen and oxygen atoms in total. The lowest BCUT2D eigenvalue weighted by molar-refractivity contribution is -0.123. The molecule has 0 saturated carbocycles. The van der Waals surface area contributed by atoms with Gasteiger partial charge in [-0.25, -0.2) is 9.78 Å². The second kappa shape index (κ2) is 8.45. The molecule has 0 spiro atoms. The third kappa shape index (κ3) is 4.54. The number of esters is 1. The van der Waals surface area contributed by atoms with E-state index >= 15 is 0 Å². The average molecular weight is 339 g/mol. The number of carbonyl (C=O) groups excluding carboxylic acids is 2. The molecule has 2 rings (SSSR count). The van der Waals surface area contributed by atoms with Crippen molar-refractivity contribution in [1.82, 2.24) is 4.98 Å². The molecule has 128 valence electrons. The number of nitrogens with zero attached hydrogens (tertiary/aromatic N) is 2. The number of aromatic nitrogens is 1. The van der Waals surface area contributed by atoms with Gasteiger partial charge in [-0.3, -0.25) is 4.79 Å². The van der Waals surface area contributed by atoms with Crippen LogP contribution in [0.5, 0.6) is 5.88 Å². The van der Waals surface area contributed by atoms with Gasteiger partial charge in [0.1, 0.15) is 11.6 Å². The molecule has 1 N–H and O–H groups in total. The van der Waals surface area contributed by atoms with Gasteiger partial charge in [0, 0.05) is 6.20 Å². The minimum atomic E-state index is -1.06. The van der Waals surface area contributed by atoms with E-state index in [1.165, 1.54) is 19.2 Å². The largest absolute Gasteiger partial charge is 0.477 e. The molecule has 1 heterocycles. The lowest BCUT2D eigenvalue weighted by Gasteiger charge is -2.15. The quantitative estimate of drug-likeness (QED) is 0.812. The summed E-state index contributed by atoms with van der Waals surface area (Å²) >= 11 is 0. The number of hydrogen-bond donors (Lipinski definition) is 1. The number of amides is 1. The summed E-state index contributed by atoms with van der Waals surface area (Å²) in [6, 6.07) is 11.6. The Hall–Kier alpha value is -3.40. The molecule has 0 saturated heterocycles. The number of ether oxygens (including phenoxy) is 2. The number of pyridine rings is 1. The van der Waals surface area contributed by atoms with Crippen molar-refractivity contribution >= 4 is 17.6 Å². The Morgan fingerprint density at radius 2 is 2.04 bits per heavy atom. The Balaban J connectivity index is 2.06.